The van der Waals surface area contributed by atoms with Gasteiger partial charge in [-0.2, -0.15) is 0 Å². The number of amides is 2. The van der Waals surface area contributed by atoms with Crippen molar-refractivity contribution < 1.29 is 9.59 Å². The van der Waals surface area contributed by atoms with Crippen LogP contribution in [0.1, 0.15) is 55.1 Å². The molecule has 0 radical (unpaired) electrons. The van der Waals surface area contributed by atoms with Gasteiger partial charge in [-0.25, -0.2) is 0 Å². The molecule has 1 saturated heterocycles. The van der Waals surface area contributed by atoms with Crippen LogP contribution < -0.4 is 5.32 Å². The van der Waals surface area contributed by atoms with Crippen LogP contribution in [0, 0.1) is 5.92 Å². The van der Waals surface area contributed by atoms with E-state index >= 15 is 0 Å². The summed E-state index contributed by atoms with van der Waals surface area (Å²) in [6.45, 7) is 2.91. The molecule has 2 amide bonds. The minimum absolute atomic E-state index is 0.00402. The van der Waals surface area contributed by atoms with Gasteiger partial charge in [0, 0.05) is 12.6 Å². The summed E-state index contributed by atoms with van der Waals surface area (Å²) in [6, 6.07) is 3.71. The third kappa shape index (κ3) is 3.19. The molecule has 0 spiro atoms. The fourth-order valence-corrected chi connectivity index (χ4v) is 4.31. The second kappa shape index (κ2) is 6.82. The smallest absolute Gasteiger partial charge is 0.264 e. The number of rotatable bonds is 3. The van der Waals surface area contributed by atoms with Gasteiger partial charge in [0.25, 0.3) is 5.91 Å². The van der Waals surface area contributed by atoms with Crippen LogP contribution in [-0.2, 0) is 4.79 Å². The Hall–Kier alpha value is -1.36. The molecule has 4 nitrogen and oxygen atoms in total. The van der Waals surface area contributed by atoms with Crippen molar-refractivity contribution in [3.63, 3.8) is 0 Å². The summed E-state index contributed by atoms with van der Waals surface area (Å²) in [5, 5.41) is 5.12. The predicted octanol–water partition coefficient (Wildman–Crippen LogP) is 3.05. The summed E-state index contributed by atoms with van der Waals surface area (Å²) >= 11 is 1.44. The SMILES string of the molecule is CC1CCCCC1NC(=O)C1CCCN1C(=O)c1cccs1. The van der Waals surface area contributed by atoms with E-state index in [2.05, 4.69) is 12.2 Å². The molecule has 22 heavy (non-hydrogen) atoms. The minimum Gasteiger partial charge on any atom is -0.351 e. The van der Waals surface area contributed by atoms with Crippen LogP contribution in [0.5, 0.6) is 0 Å². The lowest BCUT2D eigenvalue weighted by atomic mass is 9.86. The number of likely N-dealkylation sites (tertiary alicyclic amines) is 1. The first-order valence-electron chi connectivity index (χ1n) is 8.31. The van der Waals surface area contributed by atoms with Gasteiger partial charge in [0.05, 0.1) is 4.88 Å². The first kappa shape index (κ1) is 15.5. The van der Waals surface area contributed by atoms with Crippen LogP contribution in [0.3, 0.4) is 0 Å². The summed E-state index contributed by atoms with van der Waals surface area (Å²) in [5.74, 6) is 0.589. The van der Waals surface area contributed by atoms with Crippen molar-refractivity contribution in [2.24, 2.45) is 5.92 Å². The monoisotopic (exact) mass is 320 g/mol. The molecule has 3 unspecified atom stereocenters. The van der Waals surface area contributed by atoms with Crippen LogP contribution in [-0.4, -0.2) is 35.3 Å². The van der Waals surface area contributed by atoms with Crippen LogP contribution in [0.25, 0.3) is 0 Å². The molecule has 0 aromatic carbocycles. The lowest BCUT2D eigenvalue weighted by Gasteiger charge is -2.32. The van der Waals surface area contributed by atoms with Gasteiger partial charge < -0.3 is 10.2 Å². The van der Waals surface area contributed by atoms with E-state index in [4.69, 9.17) is 0 Å². The minimum atomic E-state index is -0.288. The van der Waals surface area contributed by atoms with Crippen molar-refractivity contribution in [2.45, 2.75) is 57.5 Å². The Kier molecular flexibility index (Phi) is 4.81. The molecule has 0 bridgehead atoms. The zero-order valence-corrected chi connectivity index (χ0v) is 13.9. The van der Waals surface area contributed by atoms with Crippen molar-refractivity contribution in [3.05, 3.63) is 22.4 Å². The Morgan fingerprint density at radius 2 is 2.05 bits per heavy atom. The number of carbonyl (C=O) groups excluding carboxylic acids is 2. The Bertz CT molecular complexity index is 529. The lowest BCUT2D eigenvalue weighted by molar-refractivity contribution is -0.126. The predicted molar refractivity (Wildman–Crippen MR) is 87.9 cm³/mol. The molecule has 1 aliphatic carbocycles. The average Bonchev–Trinajstić information content (AvgIpc) is 3.20. The number of hydrogen-bond acceptors (Lipinski definition) is 3. The average molecular weight is 320 g/mol. The van der Waals surface area contributed by atoms with Crippen molar-refractivity contribution in [1.29, 1.82) is 0 Å². The van der Waals surface area contributed by atoms with Crippen LogP contribution >= 0.6 is 11.3 Å². The van der Waals surface area contributed by atoms with E-state index in [1.807, 2.05) is 17.5 Å². The van der Waals surface area contributed by atoms with Gasteiger partial charge in [-0.05, 0) is 43.0 Å². The number of carbonyl (C=O) groups is 2. The molecule has 1 saturated carbocycles. The third-order valence-corrected chi connectivity index (χ3v) is 5.85. The van der Waals surface area contributed by atoms with Crippen LogP contribution in [0.15, 0.2) is 17.5 Å². The quantitative estimate of drug-likeness (QED) is 0.930. The van der Waals surface area contributed by atoms with E-state index in [1.54, 1.807) is 4.90 Å². The first-order valence-corrected chi connectivity index (χ1v) is 9.19. The van der Waals surface area contributed by atoms with Gasteiger partial charge in [0.1, 0.15) is 6.04 Å². The second-order valence-corrected chi connectivity index (χ2v) is 7.46. The molecule has 2 fully saturated rings. The fraction of sp³-hybridized carbons (Fsp3) is 0.647. The van der Waals surface area contributed by atoms with Gasteiger partial charge >= 0.3 is 0 Å². The van der Waals surface area contributed by atoms with Crippen molar-refractivity contribution in [3.8, 4) is 0 Å². The van der Waals surface area contributed by atoms with Gasteiger partial charge in [-0.1, -0.05) is 25.8 Å². The molecular weight excluding hydrogens is 296 g/mol. The van der Waals surface area contributed by atoms with Gasteiger partial charge in [0.15, 0.2) is 0 Å². The maximum absolute atomic E-state index is 12.6. The fourth-order valence-electron chi connectivity index (χ4n) is 3.63. The largest absolute Gasteiger partial charge is 0.351 e. The van der Waals surface area contributed by atoms with Crippen molar-refractivity contribution in [2.75, 3.05) is 6.54 Å². The number of nitrogens with one attached hydrogen (secondary N) is 1. The number of nitrogens with zero attached hydrogens (tertiary/aromatic N) is 1. The normalized spacial score (nSPS) is 28.6. The zero-order valence-electron chi connectivity index (χ0n) is 13.1. The maximum Gasteiger partial charge on any atom is 0.264 e. The summed E-state index contributed by atoms with van der Waals surface area (Å²) in [4.78, 5) is 27.7. The van der Waals surface area contributed by atoms with Gasteiger partial charge in [0.2, 0.25) is 5.91 Å². The van der Waals surface area contributed by atoms with E-state index in [1.165, 1.54) is 30.6 Å². The molecule has 1 N–H and O–H groups in total. The van der Waals surface area contributed by atoms with E-state index in [0.717, 1.165) is 24.1 Å². The molecular formula is C17H24N2O2S. The number of hydrogen-bond donors (Lipinski definition) is 1. The third-order valence-electron chi connectivity index (χ3n) is 4.99. The number of thiophene rings is 1. The van der Waals surface area contributed by atoms with Crippen molar-refractivity contribution in [1.82, 2.24) is 10.2 Å². The Morgan fingerprint density at radius 1 is 1.23 bits per heavy atom. The van der Waals surface area contributed by atoms with Crippen LogP contribution in [0.4, 0.5) is 0 Å². The standard InChI is InChI=1S/C17H24N2O2S/c1-12-6-2-3-7-13(12)18-16(20)14-8-4-10-19(14)17(21)15-9-5-11-22-15/h5,9,11-14H,2-4,6-8,10H2,1H3,(H,18,20). The first-order chi connectivity index (χ1) is 10.7. The van der Waals surface area contributed by atoms with E-state index < -0.39 is 0 Å². The summed E-state index contributed by atoms with van der Waals surface area (Å²) < 4.78 is 0. The molecule has 1 aliphatic heterocycles. The summed E-state index contributed by atoms with van der Waals surface area (Å²) in [6.07, 6.45) is 6.41. The highest BCUT2D eigenvalue weighted by molar-refractivity contribution is 7.12. The summed E-state index contributed by atoms with van der Waals surface area (Å²) in [5.41, 5.74) is 0. The van der Waals surface area contributed by atoms with Crippen molar-refractivity contribution >= 4 is 23.2 Å². The molecule has 120 valence electrons. The maximum atomic E-state index is 12.6. The molecule has 5 heteroatoms. The molecule has 1 aromatic heterocycles. The summed E-state index contributed by atoms with van der Waals surface area (Å²) in [7, 11) is 0. The Morgan fingerprint density at radius 3 is 2.77 bits per heavy atom. The second-order valence-electron chi connectivity index (χ2n) is 6.51. The van der Waals surface area contributed by atoms with E-state index in [0.29, 0.717) is 12.5 Å². The molecule has 2 aliphatic rings. The van der Waals surface area contributed by atoms with Crippen LogP contribution in [0.2, 0.25) is 0 Å². The molecule has 3 rings (SSSR count). The van der Waals surface area contributed by atoms with Gasteiger partial charge in [-0.3, -0.25) is 9.59 Å². The lowest BCUT2D eigenvalue weighted by Crippen LogP contribution is -2.50. The topological polar surface area (TPSA) is 49.4 Å². The van der Waals surface area contributed by atoms with E-state index in [9.17, 15) is 9.59 Å². The highest BCUT2D eigenvalue weighted by Gasteiger charge is 2.36. The zero-order chi connectivity index (χ0) is 15.5. The Labute approximate surface area is 135 Å². The molecule has 3 atom stereocenters. The molecule has 1 aromatic rings. The Balaban J connectivity index is 1.64. The van der Waals surface area contributed by atoms with Gasteiger partial charge in [-0.15, -0.1) is 11.3 Å². The highest BCUT2D eigenvalue weighted by atomic mass is 32.1. The highest BCUT2D eigenvalue weighted by Crippen LogP contribution is 2.26. The molecule has 2 heterocycles. The van der Waals surface area contributed by atoms with E-state index in [-0.39, 0.29) is 23.9 Å².